The number of carbonyl (C=O) groups is 3. The Labute approximate surface area is 271 Å². The van der Waals surface area contributed by atoms with E-state index in [9.17, 15) is 14.4 Å². The van der Waals surface area contributed by atoms with Gasteiger partial charge in [-0.15, -0.1) is 0 Å². The van der Waals surface area contributed by atoms with Crippen LogP contribution in [0.5, 0.6) is 5.75 Å². The molecule has 248 valence electrons. The third-order valence-corrected chi connectivity index (χ3v) is 7.29. The average molecular weight is 621 g/mol. The summed E-state index contributed by atoms with van der Waals surface area (Å²) in [5.41, 5.74) is 1.55. The molecule has 0 aliphatic carbocycles. The van der Waals surface area contributed by atoms with Gasteiger partial charge in [-0.2, -0.15) is 0 Å². The summed E-state index contributed by atoms with van der Waals surface area (Å²) in [6.45, 7) is 7.94. The lowest BCUT2D eigenvalue weighted by molar-refractivity contribution is -0.126. The molecule has 1 atom stereocenters. The van der Waals surface area contributed by atoms with Crippen molar-refractivity contribution in [3.05, 3.63) is 66.2 Å². The van der Waals surface area contributed by atoms with Gasteiger partial charge in [0, 0.05) is 31.3 Å². The third-order valence-electron chi connectivity index (χ3n) is 7.29. The number of carbonyl (C=O) groups excluding carboxylic acids is 3. The maximum absolute atomic E-state index is 12.9. The van der Waals surface area contributed by atoms with Crippen molar-refractivity contribution in [1.29, 1.82) is 0 Å². The minimum atomic E-state index is -0.956. The summed E-state index contributed by atoms with van der Waals surface area (Å²) in [7, 11) is 0. The van der Waals surface area contributed by atoms with Crippen molar-refractivity contribution in [3.63, 3.8) is 0 Å². The van der Waals surface area contributed by atoms with Gasteiger partial charge >= 0.3 is 0 Å². The van der Waals surface area contributed by atoms with Crippen LogP contribution in [0.15, 0.2) is 60.7 Å². The summed E-state index contributed by atoms with van der Waals surface area (Å²) >= 11 is 0. The van der Waals surface area contributed by atoms with Crippen LogP contribution in [0.2, 0.25) is 0 Å². The molecule has 0 aliphatic rings. The molecular formula is C37H56N4O4. The third kappa shape index (κ3) is 18.6. The first-order valence-electron chi connectivity index (χ1n) is 16.9. The van der Waals surface area contributed by atoms with Crippen LogP contribution in [-0.4, -0.2) is 43.6 Å². The number of anilines is 1. The van der Waals surface area contributed by atoms with Crippen LogP contribution >= 0.6 is 0 Å². The van der Waals surface area contributed by atoms with Gasteiger partial charge in [0.2, 0.25) is 11.8 Å². The van der Waals surface area contributed by atoms with E-state index in [0.717, 1.165) is 18.5 Å². The van der Waals surface area contributed by atoms with Crippen molar-refractivity contribution in [2.75, 3.05) is 25.0 Å². The van der Waals surface area contributed by atoms with Gasteiger partial charge in [0.15, 0.2) is 6.17 Å². The largest absolute Gasteiger partial charge is 0.494 e. The number of ether oxygens (including phenoxy) is 1. The summed E-state index contributed by atoms with van der Waals surface area (Å²) in [4.78, 5) is 37.6. The summed E-state index contributed by atoms with van der Waals surface area (Å²) < 4.78 is 5.81. The average Bonchev–Trinajstić information content (AvgIpc) is 3.04. The van der Waals surface area contributed by atoms with Gasteiger partial charge in [0.25, 0.3) is 5.91 Å². The zero-order valence-corrected chi connectivity index (χ0v) is 27.7. The van der Waals surface area contributed by atoms with Gasteiger partial charge in [0.05, 0.1) is 6.61 Å². The van der Waals surface area contributed by atoms with Crippen LogP contribution in [0.1, 0.15) is 103 Å². The second kappa shape index (κ2) is 23.6. The van der Waals surface area contributed by atoms with Crippen LogP contribution in [-0.2, 0) is 14.4 Å². The number of nitrogens with one attached hydrogen (secondary N) is 4. The van der Waals surface area contributed by atoms with Gasteiger partial charge in [-0.3, -0.25) is 14.4 Å². The normalized spacial score (nSPS) is 11.7. The zero-order chi connectivity index (χ0) is 32.5. The fourth-order valence-electron chi connectivity index (χ4n) is 4.67. The Bertz CT molecular complexity index is 1120. The maximum Gasteiger partial charge on any atom is 0.263 e. The highest BCUT2D eigenvalue weighted by molar-refractivity contribution is 5.96. The molecule has 2 aromatic rings. The first-order chi connectivity index (χ1) is 21.9. The van der Waals surface area contributed by atoms with Gasteiger partial charge in [-0.25, -0.2) is 0 Å². The molecule has 8 heteroatoms. The topological polar surface area (TPSA) is 109 Å². The molecule has 2 aromatic carbocycles. The minimum absolute atomic E-state index is 0.0662. The quantitative estimate of drug-likeness (QED) is 0.0563. The molecule has 0 fully saturated rings. The second-order valence-corrected chi connectivity index (χ2v) is 12.0. The molecule has 2 rings (SSSR count). The molecule has 8 nitrogen and oxygen atoms in total. The van der Waals surface area contributed by atoms with E-state index in [0.29, 0.717) is 37.4 Å². The van der Waals surface area contributed by atoms with Crippen LogP contribution in [0.25, 0.3) is 6.08 Å². The van der Waals surface area contributed by atoms with Gasteiger partial charge in [0.1, 0.15) is 5.75 Å². The fraction of sp³-hybridized carbons (Fsp3) is 0.541. The van der Waals surface area contributed by atoms with E-state index in [2.05, 4.69) is 28.2 Å². The van der Waals surface area contributed by atoms with Crippen molar-refractivity contribution in [2.24, 2.45) is 5.92 Å². The molecule has 0 saturated carbocycles. The second-order valence-electron chi connectivity index (χ2n) is 12.0. The summed E-state index contributed by atoms with van der Waals surface area (Å²) in [6, 6.07) is 16.7. The van der Waals surface area contributed by atoms with Gasteiger partial charge in [-0.1, -0.05) is 109 Å². The molecule has 0 aliphatic heterocycles. The summed E-state index contributed by atoms with van der Waals surface area (Å²) in [6.07, 6.45) is 16.0. The molecule has 0 bridgehead atoms. The summed E-state index contributed by atoms with van der Waals surface area (Å²) in [5.74, 6) is 0.300. The number of rotatable bonds is 24. The monoisotopic (exact) mass is 620 g/mol. The minimum Gasteiger partial charge on any atom is -0.494 e. The Balaban J connectivity index is 1.68. The van der Waals surface area contributed by atoms with E-state index < -0.39 is 6.17 Å². The first kappa shape index (κ1) is 37.4. The molecule has 3 amide bonds. The molecule has 45 heavy (non-hydrogen) atoms. The molecule has 0 saturated heterocycles. The Morgan fingerprint density at radius 3 is 2.07 bits per heavy atom. The smallest absolute Gasteiger partial charge is 0.263 e. The van der Waals surface area contributed by atoms with E-state index in [-0.39, 0.29) is 23.6 Å². The van der Waals surface area contributed by atoms with E-state index in [1.54, 1.807) is 30.3 Å². The predicted octanol–water partition coefficient (Wildman–Crippen LogP) is 7.22. The number of hydrogen-bond donors (Lipinski definition) is 4. The SMILES string of the molecule is CCCCCCCCCCCCNC(=O)CCCOc1ccc(NC(NC(=O)C=Cc2ccccc2)C(=O)NCC(C)C)cc1. The predicted molar refractivity (Wildman–Crippen MR) is 185 cm³/mol. The number of hydrogen-bond acceptors (Lipinski definition) is 5. The molecule has 0 heterocycles. The Hall–Kier alpha value is -3.81. The molecule has 0 aromatic heterocycles. The highest BCUT2D eigenvalue weighted by Crippen LogP contribution is 2.17. The number of unbranched alkanes of at least 4 members (excludes halogenated alkanes) is 9. The molecular weight excluding hydrogens is 564 g/mol. The van der Waals surface area contributed by atoms with Crippen LogP contribution in [0, 0.1) is 5.92 Å². The van der Waals surface area contributed by atoms with Crippen LogP contribution in [0.4, 0.5) is 5.69 Å². The van der Waals surface area contributed by atoms with E-state index in [4.69, 9.17) is 4.74 Å². The molecule has 0 radical (unpaired) electrons. The van der Waals surface area contributed by atoms with Crippen LogP contribution in [0.3, 0.4) is 0 Å². The van der Waals surface area contributed by atoms with Crippen molar-refractivity contribution < 1.29 is 19.1 Å². The van der Waals surface area contributed by atoms with Gasteiger partial charge < -0.3 is 26.0 Å². The number of benzene rings is 2. The lowest BCUT2D eigenvalue weighted by Gasteiger charge is -2.21. The molecule has 1 unspecified atom stereocenters. The Kier molecular flexibility index (Phi) is 19.6. The Morgan fingerprint density at radius 1 is 0.778 bits per heavy atom. The molecule has 4 N–H and O–H groups in total. The van der Waals surface area contributed by atoms with E-state index in [1.165, 1.54) is 63.9 Å². The fourth-order valence-corrected chi connectivity index (χ4v) is 4.67. The highest BCUT2D eigenvalue weighted by atomic mass is 16.5. The molecule has 0 spiro atoms. The maximum atomic E-state index is 12.9. The van der Waals surface area contributed by atoms with Crippen molar-refractivity contribution in [1.82, 2.24) is 16.0 Å². The van der Waals surface area contributed by atoms with Crippen molar-refractivity contribution in [3.8, 4) is 5.75 Å². The Morgan fingerprint density at radius 2 is 1.42 bits per heavy atom. The van der Waals surface area contributed by atoms with Gasteiger partial charge in [-0.05, 0) is 54.7 Å². The lowest BCUT2D eigenvalue weighted by atomic mass is 10.1. The van der Waals surface area contributed by atoms with Crippen LogP contribution < -0.4 is 26.0 Å². The zero-order valence-electron chi connectivity index (χ0n) is 27.7. The highest BCUT2D eigenvalue weighted by Gasteiger charge is 2.20. The standard InChI is InChI=1S/C37H56N4O4/c1-4-5-6-7-8-9-10-11-12-16-27-38-34(42)20-17-28-45-33-24-22-32(23-25-33)40-36(37(44)39-29-30(2)3)41-35(43)26-21-31-18-14-13-15-19-31/h13-15,18-19,21-26,30,36,40H,4-12,16-17,20,27-29H2,1-3H3,(H,38,42)(H,39,44)(H,41,43). The first-order valence-corrected chi connectivity index (χ1v) is 16.9. The van der Waals surface area contributed by atoms with Crippen molar-refractivity contribution >= 4 is 29.5 Å². The summed E-state index contributed by atoms with van der Waals surface area (Å²) in [5, 5.41) is 11.7. The van der Waals surface area contributed by atoms with E-state index >= 15 is 0 Å². The number of amides is 3. The lowest BCUT2D eigenvalue weighted by Crippen LogP contribution is -2.51. The van der Waals surface area contributed by atoms with E-state index in [1.807, 2.05) is 44.2 Å². The van der Waals surface area contributed by atoms with Crippen molar-refractivity contribution in [2.45, 2.75) is 104 Å².